The first kappa shape index (κ1) is 17.9. The van der Waals surface area contributed by atoms with Gasteiger partial charge in [0.05, 0.1) is 5.54 Å². The molecule has 2 aromatic carbocycles. The molecule has 3 rings (SSSR count). The lowest BCUT2D eigenvalue weighted by atomic mass is 9.94. The number of nitrogens with one attached hydrogen (secondary N) is 2. The molecular formula is C20H22FN3O2. The number of nitrogens with zero attached hydrogens (tertiary/aromatic N) is 1. The minimum atomic E-state index is -0.666. The normalized spacial score (nSPS) is 14.4. The molecule has 26 heavy (non-hydrogen) atoms. The predicted octanol–water partition coefficient (Wildman–Crippen LogP) is 4.01. The van der Waals surface area contributed by atoms with Gasteiger partial charge in [0, 0.05) is 24.3 Å². The van der Waals surface area contributed by atoms with Crippen molar-refractivity contribution in [2.45, 2.75) is 32.2 Å². The summed E-state index contributed by atoms with van der Waals surface area (Å²) in [5.74, 6) is -0.216. The largest absolute Gasteiger partial charge is 0.329 e. The molecule has 136 valence electrons. The first-order chi connectivity index (χ1) is 12.3. The highest BCUT2D eigenvalue weighted by Gasteiger charge is 2.24. The van der Waals surface area contributed by atoms with Gasteiger partial charge in [-0.05, 0) is 56.2 Å². The van der Waals surface area contributed by atoms with E-state index in [9.17, 15) is 14.0 Å². The number of hydrogen-bond donors (Lipinski definition) is 2. The smallest absolute Gasteiger partial charge is 0.319 e. The number of rotatable bonds is 4. The van der Waals surface area contributed by atoms with Crippen molar-refractivity contribution in [1.29, 1.82) is 0 Å². The number of hydrogen-bond acceptors (Lipinski definition) is 2. The monoisotopic (exact) mass is 355 g/mol. The molecule has 5 nitrogen and oxygen atoms in total. The van der Waals surface area contributed by atoms with Crippen molar-refractivity contribution in [2.75, 3.05) is 16.8 Å². The SMILES string of the molecule is CC(C)(NC(=O)Nc1cccc(N2CCCC2=O)c1)c1ccc(F)cc1. The molecule has 0 aromatic heterocycles. The zero-order valence-electron chi connectivity index (χ0n) is 14.9. The van der Waals surface area contributed by atoms with Crippen LogP contribution in [-0.2, 0) is 10.3 Å². The second kappa shape index (κ2) is 7.15. The Hall–Kier alpha value is -2.89. The molecule has 1 heterocycles. The highest BCUT2D eigenvalue weighted by atomic mass is 19.1. The van der Waals surface area contributed by atoms with Crippen LogP contribution >= 0.6 is 0 Å². The molecular weight excluding hydrogens is 333 g/mol. The molecule has 1 aliphatic rings. The van der Waals surface area contributed by atoms with Crippen LogP contribution in [0.5, 0.6) is 0 Å². The summed E-state index contributed by atoms with van der Waals surface area (Å²) in [7, 11) is 0. The van der Waals surface area contributed by atoms with E-state index >= 15 is 0 Å². The quantitative estimate of drug-likeness (QED) is 0.870. The maximum absolute atomic E-state index is 13.1. The fourth-order valence-electron chi connectivity index (χ4n) is 3.06. The van der Waals surface area contributed by atoms with E-state index in [1.165, 1.54) is 12.1 Å². The van der Waals surface area contributed by atoms with E-state index in [4.69, 9.17) is 0 Å². The Morgan fingerprint density at radius 1 is 1.15 bits per heavy atom. The Bertz CT molecular complexity index is 818. The van der Waals surface area contributed by atoms with Crippen LogP contribution in [0.15, 0.2) is 48.5 Å². The molecule has 0 bridgehead atoms. The highest BCUT2D eigenvalue weighted by Crippen LogP contribution is 2.25. The highest BCUT2D eigenvalue weighted by molar-refractivity contribution is 5.96. The summed E-state index contributed by atoms with van der Waals surface area (Å²) in [4.78, 5) is 26.0. The van der Waals surface area contributed by atoms with Gasteiger partial charge in [0.15, 0.2) is 0 Å². The number of anilines is 2. The van der Waals surface area contributed by atoms with Gasteiger partial charge in [-0.3, -0.25) is 4.79 Å². The minimum Gasteiger partial charge on any atom is -0.329 e. The third-order valence-electron chi connectivity index (χ3n) is 4.48. The third-order valence-corrected chi connectivity index (χ3v) is 4.48. The van der Waals surface area contributed by atoms with Gasteiger partial charge >= 0.3 is 6.03 Å². The Kier molecular flexibility index (Phi) is 4.93. The molecule has 3 amide bonds. The second-order valence-corrected chi connectivity index (χ2v) is 6.91. The molecule has 0 unspecified atom stereocenters. The van der Waals surface area contributed by atoms with E-state index in [1.807, 2.05) is 26.0 Å². The Morgan fingerprint density at radius 3 is 2.54 bits per heavy atom. The van der Waals surface area contributed by atoms with Crippen LogP contribution in [-0.4, -0.2) is 18.5 Å². The fourth-order valence-corrected chi connectivity index (χ4v) is 3.06. The van der Waals surface area contributed by atoms with Crippen molar-refractivity contribution >= 4 is 23.3 Å². The predicted molar refractivity (Wildman–Crippen MR) is 99.6 cm³/mol. The number of carbonyl (C=O) groups excluding carboxylic acids is 2. The van der Waals surface area contributed by atoms with Crippen molar-refractivity contribution in [2.24, 2.45) is 0 Å². The molecule has 0 radical (unpaired) electrons. The molecule has 0 aliphatic carbocycles. The molecule has 0 spiro atoms. The van der Waals surface area contributed by atoms with Crippen LogP contribution in [0, 0.1) is 5.82 Å². The summed E-state index contributed by atoms with van der Waals surface area (Å²) >= 11 is 0. The van der Waals surface area contributed by atoms with Crippen molar-refractivity contribution in [3.05, 3.63) is 59.9 Å². The lowest BCUT2D eigenvalue weighted by Crippen LogP contribution is -2.43. The topological polar surface area (TPSA) is 61.4 Å². The van der Waals surface area contributed by atoms with Gasteiger partial charge in [0.2, 0.25) is 5.91 Å². The molecule has 1 saturated heterocycles. The minimum absolute atomic E-state index is 0.101. The number of carbonyl (C=O) groups is 2. The Labute approximate surface area is 152 Å². The average molecular weight is 355 g/mol. The summed E-state index contributed by atoms with van der Waals surface area (Å²) in [5.41, 5.74) is 1.52. The van der Waals surface area contributed by atoms with Gasteiger partial charge in [-0.15, -0.1) is 0 Å². The number of urea groups is 1. The lowest BCUT2D eigenvalue weighted by molar-refractivity contribution is -0.117. The maximum atomic E-state index is 13.1. The summed E-state index contributed by atoms with van der Waals surface area (Å²) in [5, 5.41) is 5.68. The Balaban J connectivity index is 1.68. The maximum Gasteiger partial charge on any atom is 0.319 e. The van der Waals surface area contributed by atoms with Crippen molar-refractivity contribution in [1.82, 2.24) is 5.32 Å². The van der Waals surface area contributed by atoms with E-state index < -0.39 is 5.54 Å². The lowest BCUT2D eigenvalue weighted by Gasteiger charge is -2.27. The van der Waals surface area contributed by atoms with Gasteiger partial charge in [-0.25, -0.2) is 9.18 Å². The van der Waals surface area contributed by atoms with Crippen LogP contribution < -0.4 is 15.5 Å². The van der Waals surface area contributed by atoms with Crippen molar-refractivity contribution in [3.63, 3.8) is 0 Å². The molecule has 6 heteroatoms. The Morgan fingerprint density at radius 2 is 1.88 bits per heavy atom. The van der Waals surface area contributed by atoms with E-state index in [0.29, 0.717) is 18.7 Å². The number of amides is 3. The van der Waals surface area contributed by atoms with E-state index in [-0.39, 0.29) is 17.8 Å². The van der Waals surface area contributed by atoms with Crippen molar-refractivity contribution in [3.8, 4) is 0 Å². The van der Waals surface area contributed by atoms with E-state index in [2.05, 4.69) is 10.6 Å². The molecule has 0 atom stereocenters. The van der Waals surface area contributed by atoms with Crippen LogP contribution in [0.1, 0.15) is 32.3 Å². The standard InChI is InChI=1S/C20H22FN3O2/c1-20(2,14-8-10-15(21)11-9-14)23-19(26)22-16-5-3-6-17(13-16)24-12-4-7-18(24)25/h3,5-6,8-11,13H,4,7,12H2,1-2H3,(H2,22,23,26). The molecule has 0 saturated carbocycles. The van der Waals surface area contributed by atoms with Crippen LogP contribution in [0.25, 0.3) is 0 Å². The number of halogens is 1. The van der Waals surface area contributed by atoms with Gasteiger partial charge in [0.25, 0.3) is 0 Å². The second-order valence-electron chi connectivity index (χ2n) is 6.91. The van der Waals surface area contributed by atoms with Gasteiger partial charge in [0.1, 0.15) is 5.82 Å². The zero-order chi connectivity index (χ0) is 18.7. The van der Waals surface area contributed by atoms with E-state index in [1.54, 1.807) is 29.2 Å². The summed E-state index contributed by atoms with van der Waals surface area (Å²) in [6, 6.07) is 12.9. The average Bonchev–Trinajstić information content (AvgIpc) is 3.01. The van der Waals surface area contributed by atoms with Gasteiger partial charge in [-0.1, -0.05) is 18.2 Å². The number of benzene rings is 2. The summed E-state index contributed by atoms with van der Waals surface area (Å²) in [6.45, 7) is 4.39. The van der Waals surface area contributed by atoms with Crippen molar-refractivity contribution < 1.29 is 14.0 Å². The van der Waals surface area contributed by atoms with Gasteiger partial charge in [-0.2, -0.15) is 0 Å². The fraction of sp³-hybridized carbons (Fsp3) is 0.300. The molecule has 2 aromatic rings. The third kappa shape index (κ3) is 4.02. The van der Waals surface area contributed by atoms with Crippen LogP contribution in [0.4, 0.5) is 20.6 Å². The van der Waals surface area contributed by atoms with Gasteiger partial charge < -0.3 is 15.5 Å². The summed E-state index contributed by atoms with van der Waals surface area (Å²) < 4.78 is 13.1. The van der Waals surface area contributed by atoms with E-state index in [0.717, 1.165) is 17.7 Å². The zero-order valence-corrected chi connectivity index (χ0v) is 14.9. The molecule has 1 fully saturated rings. The first-order valence-corrected chi connectivity index (χ1v) is 8.61. The molecule has 2 N–H and O–H groups in total. The molecule has 1 aliphatic heterocycles. The summed E-state index contributed by atoms with van der Waals surface area (Å²) in [6.07, 6.45) is 1.41. The van der Waals surface area contributed by atoms with Crippen LogP contribution in [0.2, 0.25) is 0 Å². The van der Waals surface area contributed by atoms with Crippen LogP contribution in [0.3, 0.4) is 0 Å². The first-order valence-electron chi connectivity index (χ1n) is 8.61.